The number of nitrogens with two attached hydrogens (primary N) is 1. The van der Waals surface area contributed by atoms with Gasteiger partial charge in [0, 0.05) is 30.3 Å². The summed E-state index contributed by atoms with van der Waals surface area (Å²) in [7, 11) is 1.52. The van der Waals surface area contributed by atoms with Crippen LogP contribution in [-0.2, 0) is 6.42 Å². The third kappa shape index (κ3) is 3.86. The van der Waals surface area contributed by atoms with Crippen LogP contribution in [0.15, 0.2) is 36.5 Å². The van der Waals surface area contributed by atoms with E-state index in [0.29, 0.717) is 29.5 Å². The van der Waals surface area contributed by atoms with Crippen molar-refractivity contribution < 1.29 is 23.4 Å². The number of hydrogen-bond acceptors (Lipinski definition) is 5. The molecule has 28 heavy (non-hydrogen) atoms. The fourth-order valence-corrected chi connectivity index (χ4v) is 2.97. The number of methoxy groups -OCH3 is 1. The lowest BCUT2D eigenvalue weighted by Crippen LogP contribution is -2.14. The van der Waals surface area contributed by atoms with Crippen molar-refractivity contribution in [3.8, 4) is 5.75 Å². The first-order valence-electron chi connectivity index (χ1n) is 8.57. The van der Waals surface area contributed by atoms with E-state index in [0.717, 1.165) is 17.7 Å². The number of aromatic nitrogens is 1. The predicted molar refractivity (Wildman–Crippen MR) is 102 cm³/mol. The number of aliphatic hydroxyl groups is 1. The largest absolute Gasteiger partial charge is 0.496 e. The smallest absolute Gasteiger partial charge is 0.252 e. The minimum atomic E-state index is -0.811. The minimum Gasteiger partial charge on any atom is -0.496 e. The maximum atomic E-state index is 14.2. The van der Waals surface area contributed by atoms with Gasteiger partial charge < -0.3 is 20.9 Å². The van der Waals surface area contributed by atoms with Gasteiger partial charge in [-0.1, -0.05) is 0 Å². The highest BCUT2D eigenvalue weighted by atomic mass is 19.1. The first-order valence-corrected chi connectivity index (χ1v) is 8.57. The second kappa shape index (κ2) is 8.18. The summed E-state index contributed by atoms with van der Waals surface area (Å²) in [6, 6.07) is 6.53. The highest BCUT2D eigenvalue weighted by Crippen LogP contribution is 2.34. The Labute approximate surface area is 160 Å². The Bertz CT molecular complexity index is 1040. The number of halogens is 2. The highest BCUT2D eigenvalue weighted by Gasteiger charge is 2.17. The number of rotatable bonds is 7. The Morgan fingerprint density at radius 2 is 2.07 bits per heavy atom. The molecule has 146 valence electrons. The number of carbonyl (C=O) groups excluding carboxylic acids is 1. The fraction of sp³-hybridized carbons (Fsp3) is 0.200. The van der Waals surface area contributed by atoms with Crippen molar-refractivity contribution >= 4 is 28.2 Å². The zero-order valence-electron chi connectivity index (χ0n) is 15.1. The summed E-state index contributed by atoms with van der Waals surface area (Å²) in [5.74, 6) is -1.69. The molecule has 0 radical (unpaired) electrons. The van der Waals surface area contributed by atoms with Crippen LogP contribution in [0.1, 0.15) is 22.3 Å². The molecule has 0 aliphatic rings. The molecule has 0 fully saturated rings. The van der Waals surface area contributed by atoms with Crippen LogP contribution in [0.25, 0.3) is 10.9 Å². The van der Waals surface area contributed by atoms with Crippen LogP contribution in [0.4, 0.5) is 20.2 Å². The van der Waals surface area contributed by atoms with Gasteiger partial charge in [-0.3, -0.25) is 9.78 Å². The normalized spacial score (nSPS) is 10.9. The minimum absolute atomic E-state index is 0.00661. The van der Waals surface area contributed by atoms with Crippen molar-refractivity contribution in [2.75, 3.05) is 19.0 Å². The molecule has 0 unspecified atom stereocenters. The number of nitrogens with one attached hydrogen (secondary N) is 1. The molecule has 4 N–H and O–H groups in total. The number of aryl methyl sites for hydroxylation is 1. The Morgan fingerprint density at radius 3 is 2.71 bits per heavy atom. The van der Waals surface area contributed by atoms with Gasteiger partial charge in [0.1, 0.15) is 17.4 Å². The van der Waals surface area contributed by atoms with Gasteiger partial charge in [-0.2, -0.15) is 0 Å². The van der Waals surface area contributed by atoms with Gasteiger partial charge in [0.25, 0.3) is 5.91 Å². The van der Waals surface area contributed by atoms with Crippen molar-refractivity contribution in [1.29, 1.82) is 0 Å². The molecule has 1 aromatic heterocycles. The number of primary amides is 1. The molecule has 0 aliphatic heterocycles. The van der Waals surface area contributed by atoms with E-state index < -0.39 is 17.5 Å². The van der Waals surface area contributed by atoms with Gasteiger partial charge in [0.2, 0.25) is 0 Å². The zero-order valence-corrected chi connectivity index (χ0v) is 15.1. The van der Waals surface area contributed by atoms with Crippen molar-refractivity contribution in [1.82, 2.24) is 4.98 Å². The van der Waals surface area contributed by atoms with Crippen LogP contribution >= 0.6 is 0 Å². The Morgan fingerprint density at radius 1 is 1.29 bits per heavy atom. The number of fused-ring (bicyclic) bond motifs is 1. The van der Waals surface area contributed by atoms with E-state index in [1.54, 1.807) is 12.1 Å². The van der Waals surface area contributed by atoms with Gasteiger partial charge in [-0.15, -0.1) is 0 Å². The van der Waals surface area contributed by atoms with Crippen LogP contribution in [0.2, 0.25) is 0 Å². The quantitative estimate of drug-likeness (QED) is 0.578. The first kappa shape index (κ1) is 19.5. The van der Waals surface area contributed by atoms with E-state index in [1.165, 1.54) is 19.4 Å². The maximum absolute atomic E-state index is 14.2. The summed E-state index contributed by atoms with van der Waals surface area (Å²) in [6.07, 6.45) is 2.34. The van der Waals surface area contributed by atoms with Gasteiger partial charge in [-0.25, -0.2) is 8.78 Å². The third-order valence-electron chi connectivity index (χ3n) is 4.33. The van der Waals surface area contributed by atoms with Crippen LogP contribution in [0.5, 0.6) is 5.75 Å². The fourth-order valence-electron chi connectivity index (χ4n) is 2.97. The van der Waals surface area contributed by atoms with E-state index in [4.69, 9.17) is 15.6 Å². The molecular formula is C20H19F2N3O3. The molecule has 0 saturated carbocycles. The van der Waals surface area contributed by atoms with Gasteiger partial charge in [-0.05, 0) is 36.6 Å². The molecule has 1 amide bonds. The molecule has 1 heterocycles. The van der Waals surface area contributed by atoms with Crippen LogP contribution in [0, 0.1) is 11.6 Å². The van der Waals surface area contributed by atoms with E-state index in [9.17, 15) is 13.6 Å². The second-order valence-corrected chi connectivity index (χ2v) is 6.17. The number of pyridine rings is 1. The Hall–Kier alpha value is -3.26. The number of aliphatic hydroxyl groups excluding tert-OH is 1. The van der Waals surface area contributed by atoms with E-state index in [1.807, 2.05) is 0 Å². The molecule has 0 atom stereocenters. The third-order valence-corrected chi connectivity index (χ3v) is 4.33. The zero-order chi connectivity index (χ0) is 20.3. The highest BCUT2D eigenvalue weighted by molar-refractivity contribution is 6.07. The predicted octanol–water partition coefficient (Wildman–Crippen LogP) is 3.29. The standard InChI is InChI=1S/C20H19F2N3O3/c1-28-18-9-17-13(7-11(18)3-2-6-26)19(14(10-24-17)20(23)27)25-16-5-4-12(21)8-15(16)22/h4-5,7-10,26H,2-3,6H2,1H3,(H2,23,27)(H,24,25). The summed E-state index contributed by atoms with van der Waals surface area (Å²) < 4.78 is 32.8. The molecule has 0 aliphatic carbocycles. The SMILES string of the molecule is COc1cc2ncc(C(N)=O)c(Nc3ccc(F)cc3F)c2cc1CCCO. The number of nitrogens with zero attached hydrogens (tertiary/aromatic N) is 1. The lowest BCUT2D eigenvalue weighted by Gasteiger charge is -2.16. The van der Waals surface area contributed by atoms with Crippen molar-refractivity contribution in [2.45, 2.75) is 12.8 Å². The maximum Gasteiger partial charge on any atom is 0.252 e. The molecule has 0 spiro atoms. The molecule has 0 bridgehead atoms. The molecule has 6 nitrogen and oxygen atoms in total. The molecule has 3 aromatic rings. The summed E-state index contributed by atoms with van der Waals surface area (Å²) in [6.45, 7) is 0.00661. The van der Waals surface area contributed by atoms with E-state index in [-0.39, 0.29) is 23.5 Å². The monoisotopic (exact) mass is 387 g/mol. The first-order chi connectivity index (χ1) is 13.4. The summed E-state index contributed by atoms with van der Waals surface area (Å²) in [5, 5.41) is 12.5. The van der Waals surface area contributed by atoms with Crippen molar-refractivity contribution in [3.05, 3.63) is 59.3 Å². The summed E-state index contributed by atoms with van der Waals surface area (Å²) in [5.41, 5.74) is 7.07. The van der Waals surface area contributed by atoms with Crippen molar-refractivity contribution in [3.63, 3.8) is 0 Å². The number of hydrogen-bond donors (Lipinski definition) is 3. The molecule has 8 heteroatoms. The number of anilines is 2. The summed E-state index contributed by atoms with van der Waals surface area (Å²) >= 11 is 0. The molecule has 3 rings (SSSR count). The number of carbonyl (C=O) groups is 1. The molecule has 2 aromatic carbocycles. The van der Waals surface area contributed by atoms with Crippen LogP contribution < -0.4 is 15.8 Å². The van der Waals surface area contributed by atoms with Gasteiger partial charge >= 0.3 is 0 Å². The topological polar surface area (TPSA) is 97.5 Å². The molecular weight excluding hydrogens is 368 g/mol. The number of benzene rings is 2. The lowest BCUT2D eigenvalue weighted by molar-refractivity contribution is 0.100. The van der Waals surface area contributed by atoms with Gasteiger partial charge in [0.05, 0.1) is 29.6 Å². The number of ether oxygens (including phenoxy) is 1. The van der Waals surface area contributed by atoms with E-state index >= 15 is 0 Å². The second-order valence-electron chi connectivity index (χ2n) is 6.17. The number of amides is 1. The summed E-state index contributed by atoms with van der Waals surface area (Å²) in [4.78, 5) is 16.2. The van der Waals surface area contributed by atoms with Gasteiger partial charge in [0.15, 0.2) is 0 Å². The van der Waals surface area contributed by atoms with Crippen LogP contribution in [0.3, 0.4) is 0 Å². The Balaban J connectivity index is 2.21. The lowest BCUT2D eigenvalue weighted by atomic mass is 10.0. The Kier molecular flexibility index (Phi) is 5.70. The average molecular weight is 387 g/mol. The molecule has 0 saturated heterocycles. The van der Waals surface area contributed by atoms with E-state index in [2.05, 4.69) is 10.3 Å². The van der Waals surface area contributed by atoms with Crippen LogP contribution in [-0.4, -0.2) is 29.7 Å². The average Bonchev–Trinajstić information content (AvgIpc) is 2.67. The van der Waals surface area contributed by atoms with Crippen molar-refractivity contribution in [2.24, 2.45) is 5.73 Å².